The van der Waals surface area contributed by atoms with Crippen molar-refractivity contribution >= 4 is 34.3 Å². The number of nitrogens with zero attached hydrogens (tertiary/aromatic N) is 2. The summed E-state index contributed by atoms with van der Waals surface area (Å²) in [6.07, 6.45) is 5.19. The predicted molar refractivity (Wildman–Crippen MR) is 134 cm³/mol. The molecule has 1 N–H and O–H groups in total. The maximum atomic E-state index is 13.4. The fourth-order valence-corrected chi connectivity index (χ4v) is 5.74. The summed E-state index contributed by atoms with van der Waals surface area (Å²) in [4.78, 5) is 26.9. The molecule has 0 unspecified atom stereocenters. The number of rotatable bonds is 6. The molecule has 3 aromatic rings. The van der Waals surface area contributed by atoms with Crippen LogP contribution in [-0.4, -0.2) is 23.1 Å². The van der Waals surface area contributed by atoms with E-state index in [2.05, 4.69) is 5.32 Å². The Morgan fingerprint density at radius 3 is 2.63 bits per heavy atom. The number of amides is 1. The van der Waals surface area contributed by atoms with Crippen molar-refractivity contribution in [3.05, 3.63) is 74.7 Å². The number of benzene rings is 1. The molecule has 4 rings (SSSR count). The quantitative estimate of drug-likeness (QED) is 0.264. The minimum atomic E-state index is -0.580. The summed E-state index contributed by atoms with van der Waals surface area (Å²) in [5, 5.41) is 13.0. The third kappa shape index (κ3) is 4.91. The van der Waals surface area contributed by atoms with E-state index in [-0.39, 0.29) is 18.0 Å². The maximum absolute atomic E-state index is 13.4. The van der Waals surface area contributed by atoms with Crippen molar-refractivity contribution in [2.24, 2.45) is 0 Å². The highest BCUT2D eigenvalue weighted by atomic mass is 32.1. The molecule has 0 bridgehead atoms. The SMILES string of the molecule is CCOC(=O)c1c(NC(=O)C(C#N)=Cc2cc(C)n(-c3ccc(F)cc3)c2C)sc2c1CCCC2. The molecule has 1 aromatic carbocycles. The van der Waals surface area contributed by atoms with Gasteiger partial charge >= 0.3 is 5.97 Å². The zero-order valence-corrected chi connectivity index (χ0v) is 20.7. The average molecular weight is 492 g/mol. The van der Waals surface area contributed by atoms with E-state index in [0.29, 0.717) is 16.1 Å². The Hall–Kier alpha value is -3.70. The molecule has 0 spiro atoms. The lowest BCUT2D eigenvalue weighted by Gasteiger charge is -2.12. The van der Waals surface area contributed by atoms with Gasteiger partial charge in [-0.1, -0.05) is 0 Å². The van der Waals surface area contributed by atoms with Crippen molar-refractivity contribution in [3.8, 4) is 11.8 Å². The number of carbonyl (C=O) groups excluding carboxylic acids is 2. The van der Waals surface area contributed by atoms with Crippen molar-refractivity contribution in [3.63, 3.8) is 0 Å². The van der Waals surface area contributed by atoms with Gasteiger partial charge in [0.1, 0.15) is 22.5 Å². The van der Waals surface area contributed by atoms with E-state index in [1.54, 1.807) is 19.1 Å². The standard InChI is InChI=1S/C27H26FN3O3S/c1-4-34-27(33)24-22-7-5-6-8-23(22)35-26(24)30-25(32)19(15-29)14-18-13-16(2)31(17(18)3)21-11-9-20(28)10-12-21/h9-14H,4-8H2,1-3H3,(H,30,32). The Morgan fingerprint density at radius 1 is 1.23 bits per heavy atom. The van der Waals surface area contributed by atoms with Gasteiger partial charge in [-0.05, 0) is 94.0 Å². The number of hydrogen-bond donors (Lipinski definition) is 1. The number of halogens is 1. The summed E-state index contributed by atoms with van der Waals surface area (Å²) in [6, 6.07) is 9.99. The van der Waals surface area contributed by atoms with Crippen LogP contribution in [0, 0.1) is 31.0 Å². The molecule has 2 heterocycles. The Balaban J connectivity index is 1.66. The zero-order valence-electron chi connectivity index (χ0n) is 19.9. The van der Waals surface area contributed by atoms with Gasteiger partial charge in [-0.25, -0.2) is 9.18 Å². The molecule has 0 radical (unpaired) electrons. The zero-order chi connectivity index (χ0) is 25.1. The molecular formula is C27H26FN3O3S. The number of hydrogen-bond acceptors (Lipinski definition) is 5. The average Bonchev–Trinajstić information content (AvgIpc) is 3.34. The second kappa shape index (κ2) is 10.3. The monoisotopic (exact) mass is 491 g/mol. The molecule has 2 aromatic heterocycles. The molecule has 1 aliphatic carbocycles. The predicted octanol–water partition coefficient (Wildman–Crippen LogP) is 5.90. The van der Waals surface area contributed by atoms with Gasteiger partial charge in [0.25, 0.3) is 5.91 Å². The van der Waals surface area contributed by atoms with Crippen LogP contribution >= 0.6 is 11.3 Å². The Kier molecular flexibility index (Phi) is 7.17. The van der Waals surface area contributed by atoms with Crippen LogP contribution in [0.5, 0.6) is 0 Å². The number of esters is 1. The molecule has 8 heteroatoms. The molecule has 1 amide bonds. The fraction of sp³-hybridized carbons (Fsp3) is 0.296. The van der Waals surface area contributed by atoms with Gasteiger partial charge in [-0.15, -0.1) is 11.3 Å². The fourth-order valence-electron chi connectivity index (χ4n) is 4.47. The number of fused-ring (bicyclic) bond motifs is 1. The van der Waals surface area contributed by atoms with Crippen LogP contribution in [0.3, 0.4) is 0 Å². The minimum Gasteiger partial charge on any atom is -0.462 e. The Labute approximate surface area is 207 Å². The summed E-state index contributed by atoms with van der Waals surface area (Å²) in [7, 11) is 0. The van der Waals surface area contributed by atoms with Gasteiger partial charge < -0.3 is 14.6 Å². The number of nitriles is 1. The highest BCUT2D eigenvalue weighted by molar-refractivity contribution is 7.17. The molecule has 180 valence electrons. The summed E-state index contributed by atoms with van der Waals surface area (Å²) in [5.74, 6) is -1.35. The lowest BCUT2D eigenvalue weighted by atomic mass is 9.95. The van der Waals surface area contributed by atoms with Crippen molar-refractivity contribution in [2.45, 2.75) is 46.5 Å². The molecule has 6 nitrogen and oxygen atoms in total. The molecular weight excluding hydrogens is 465 g/mol. The molecule has 0 saturated heterocycles. The molecule has 1 aliphatic rings. The first-order valence-corrected chi connectivity index (χ1v) is 12.3. The normalized spacial score (nSPS) is 13.2. The third-order valence-electron chi connectivity index (χ3n) is 6.10. The van der Waals surface area contributed by atoms with E-state index in [1.807, 2.05) is 30.6 Å². The van der Waals surface area contributed by atoms with Crippen LogP contribution in [0.1, 0.15) is 57.5 Å². The summed E-state index contributed by atoms with van der Waals surface area (Å²) < 4.78 is 20.5. The van der Waals surface area contributed by atoms with E-state index in [0.717, 1.165) is 53.2 Å². The number of aromatic nitrogens is 1. The lowest BCUT2D eigenvalue weighted by molar-refractivity contribution is -0.112. The van der Waals surface area contributed by atoms with Crippen LogP contribution in [0.15, 0.2) is 35.9 Å². The van der Waals surface area contributed by atoms with E-state index in [9.17, 15) is 19.2 Å². The van der Waals surface area contributed by atoms with Crippen molar-refractivity contribution in [2.75, 3.05) is 11.9 Å². The number of nitrogens with one attached hydrogen (secondary N) is 1. The number of thiophene rings is 1. The van der Waals surface area contributed by atoms with Crippen molar-refractivity contribution < 1.29 is 18.7 Å². The number of aryl methyl sites for hydroxylation is 2. The first kappa shape index (κ1) is 24.4. The smallest absolute Gasteiger partial charge is 0.341 e. The van der Waals surface area contributed by atoms with Gasteiger partial charge in [-0.3, -0.25) is 4.79 Å². The Bertz CT molecular complexity index is 1360. The highest BCUT2D eigenvalue weighted by Crippen LogP contribution is 2.39. The summed E-state index contributed by atoms with van der Waals surface area (Å²) in [6.45, 7) is 5.76. The maximum Gasteiger partial charge on any atom is 0.341 e. The molecule has 0 aliphatic heterocycles. The van der Waals surface area contributed by atoms with Crippen LogP contribution in [0.4, 0.5) is 9.39 Å². The largest absolute Gasteiger partial charge is 0.462 e. The second-order valence-corrected chi connectivity index (χ2v) is 9.50. The van der Waals surface area contributed by atoms with E-state index < -0.39 is 11.9 Å². The molecule has 35 heavy (non-hydrogen) atoms. The van der Waals surface area contributed by atoms with Crippen LogP contribution in [0.2, 0.25) is 0 Å². The third-order valence-corrected chi connectivity index (χ3v) is 7.31. The van der Waals surface area contributed by atoms with Crippen molar-refractivity contribution in [1.82, 2.24) is 4.57 Å². The summed E-state index contributed by atoms with van der Waals surface area (Å²) >= 11 is 1.38. The molecule has 0 fully saturated rings. The van der Waals surface area contributed by atoms with Gasteiger partial charge in [0.15, 0.2) is 0 Å². The number of ether oxygens (including phenoxy) is 1. The number of carbonyl (C=O) groups is 2. The summed E-state index contributed by atoms with van der Waals surface area (Å²) in [5.41, 5.74) is 4.46. The van der Waals surface area contributed by atoms with Crippen LogP contribution < -0.4 is 5.32 Å². The van der Waals surface area contributed by atoms with Gasteiger partial charge in [0, 0.05) is 22.0 Å². The second-order valence-electron chi connectivity index (χ2n) is 8.40. The van der Waals surface area contributed by atoms with Gasteiger partial charge in [-0.2, -0.15) is 5.26 Å². The van der Waals surface area contributed by atoms with Gasteiger partial charge in [0.2, 0.25) is 0 Å². The van der Waals surface area contributed by atoms with Crippen molar-refractivity contribution in [1.29, 1.82) is 5.26 Å². The number of anilines is 1. The molecule has 0 saturated carbocycles. The first-order valence-electron chi connectivity index (χ1n) is 11.5. The molecule has 0 atom stereocenters. The topological polar surface area (TPSA) is 84.1 Å². The van der Waals surface area contributed by atoms with Crippen LogP contribution in [-0.2, 0) is 22.4 Å². The first-order chi connectivity index (χ1) is 16.8. The Morgan fingerprint density at radius 2 is 1.94 bits per heavy atom. The highest BCUT2D eigenvalue weighted by Gasteiger charge is 2.28. The van der Waals surface area contributed by atoms with E-state index >= 15 is 0 Å². The lowest BCUT2D eigenvalue weighted by Crippen LogP contribution is -2.16. The van der Waals surface area contributed by atoms with Crippen LogP contribution in [0.25, 0.3) is 11.8 Å². The van der Waals surface area contributed by atoms with E-state index in [1.165, 1.54) is 29.5 Å². The van der Waals surface area contributed by atoms with E-state index in [4.69, 9.17) is 4.74 Å². The van der Waals surface area contributed by atoms with Gasteiger partial charge in [0.05, 0.1) is 12.2 Å². The minimum absolute atomic E-state index is 0.0782.